The first-order valence-corrected chi connectivity index (χ1v) is 7.19. The molecular weight excluding hydrogens is 317 g/mol. The zero-order chi connectivity index (χ0) is 15.8. The molecule has 0 fully saturated rings. The maximum atomic E-state index is 11.7. The number of carbonyl (C=O) groups is 2. The standard InChI is InChI=1S/C14H17Cl2NO4/c1-17(7-6-14(19)20)13(18)3-2-8-21-12-5-4-10(15)9-11(12)16/h4-5,9H,2-3,6-8H2,1H3,(H,19,20). The molecule has 7 heteroatoms. The Balaban J connectivity index is 2.27. The highest BCUT2D eigenvalue weighted by molar-refractivity contribution is 6.35. The fourth-order valence-corrected chi connectivity index (χ4v) is 2.04. The number of rotatable bonds is 8. The third kappa shape index (κ3) is 6.69. The molecule has 1 amide bonds. The van der Waals surface area contributed by atoms with Gasteiger partial charge in [0.05, 0.1) is 18.1 Å². The molecule has 0 atom stereocenters. The Morgan fingerprint density at radius 1 is 1.29 bits per heavy atom. The fourth-order valence-electron chi connectivity index (χ4n) is 1.58. The second-order valence-corrected chi connectivity index (χ2v) is 5.33. The third-order valence-corrected chi connectivity index (χ3v) is 3.30. The first kappa shape index (κ1) is 17.6. The Morgan fingerprint density at radius 2 is 2.00 bits per heavy atom. The second kappa shape index (κ2) is 8.74. The lowest BCUT2D eigenvalue weighted by Crippen LogP contribution is -2.29. The lowest BCUT2D eigenvalue weighted by molar-refractivity contribution is -0.138. The van der Waals surface area contributed by atoms with E-state index in [0.29, 0.717) is 35.2 Å². The molecule has 5 nitrogen and oxygen atoms in total. The third-order valence-electron chi connectivity index (χ3n) is 2.77. The highest BCUT2D eigenvalue weighted by atomic mass is 35.5. The summed E-state index contributed by atoms with van der Waals surface area (Å²) >= 11 is 11.7. The van der Waals surface area contributed by atoms with Crippen LogP contribution in [0, 0.1) is 0 Å². The average molecular weight is 334 g/mol. The van der Waals surface area contributed by atoms with E-state index < -0.39 is 5.97 Å². The van der Waals surface area contributed by atoms with E-state index >= 15 is 0 Å². The van der Waals surface area contributed by atoms with E-state index in [1.165, 1.54) is 4.90 Å². The number of halogens is 2. The average Bonchev–Trinajstić information content (AvgIpc) is 2.42. The van der Waals surface area contributed by atoms with Gasteiger partial charge in [-0.2, -0.15) is 0 Å². The molecule has 21 heavy (non-hydrogen) atoms. The van der Waals surface area contributed by atoms with E-state index in [2.05, 4.69) is 0 Å². The van der Waals surface area contributed by atoms with Crippen LogP contribution in [-0.4, -0.2) is 42.1 Å². The summed E-state index contributed by atoms with van der Waals surface area (Å²) in [5, 5.41) is 9.50. The summed E-state index contributed by atoms with van der Waals surface area (Å²) in [5.74, 6) is -0.509. The molecule has 116 valence electrons. The molecular formula is C14H17Cl2NO4. The summed E-state index contributed by atoms with van der Waals surface area (Å²) in [6.45, 7) is 0.553. The molecule has 0 radical (unpaired) electrons. The van der Waals surface area contributed by atoms with Crippen LogP contribution < -0.4 is 4.74 Å². The highest BCUT2D eigenvalue weighted by Gasteiger charge is 2.10. The van der Waals surface area contributed by atoms with Gasteiger partial charge in [-0.25, -0.2) is 0 Å². The number of carboxylic acids is 1. The molecule has 0 unspecified atom stereocenters. The minimum absolute atomic E-state index is 0.0564. The summed E-state index contributed by atoms with van der Waals surface area (Å²) in [6.07, 6.45) is 0.760. The minimum Gasteiger partial charge on any atom is -0.492 e. The van der Waals surface area contributed by atoms with Gasteiger partial charge in [0.2, 0.25) is 5.91 Å². The van der Waals surface area contributed by atoms with Gasteiger partial charge in [-0.15, -0.1) is 0 Å². The van der Waals surface area contributed by atoms with Crippen LogP contribution in [0.5, 0.6) is 5.75 Å². The van der Waals surface area contributed by atoms with Crippen molar-refractivity contribution in [3.05, 3.63) is 28.2 Å². The SMILES string of the molecule is CN(CCC(=O)O)C(=O)CCCOc1ccc(Cl)cc1Cl. The summed E-state index contributed by atoms with van der Waals surface area (Å²) in [5.41, 5.74) is 0. The number of benzene rings is 1. The summed E-state index contributed by atoms with van der Waals surface area (Å²) in [7, 11) is 1.59. The number of hydrogen-bond acceptors (Lipinski definition) is 3. The summed E-state index contributed by atoms with van der Waals surface area (Å²) in [4.78, 5) is 23.5. The van der Waals surface area contributed by atoms with Gasteiger partial charge in [-0.05, 0) is 24.6 Å². The Kier molecular flexibility index (Phi) is 7.32. The maximum Gasteiger partial charge on any atom is 0.305 e. The molecule has 0 aliphatic heterocycles. The molecule has 1 aromatic rings. The van der Waals surface area contributed by atoms with Crippen LogP contribution in [0.15, 0.2) is 18.2 Å². The van der Waals surface area contributed by atoms with Gasteiger partial charge in [0, 0.05) is 25.0 Å². The van der Waals surface area contributed by atoms with Crippen molar-refractivity contribution in [2.24, 2.45) is 0 Å². The summed E-state index contributed by atoms with van der Waals surface area (Å²) < 4.78 is 5.46. The number of nitrogens with zero attached hydrogens (tertiary/aromatic N) is 1. The largest absolute Gasteiger partial charge is 0.492 e. The summed E-state index contributed by atoms with van der Waals surface area (Å²) in [6, 6.07) is 4.93. The molecule has 0 bridgehead atoms. The lowest BCUT2D eigenvalue weighted by atomic mass is 10.2. The van der Waals surface area contributed by atoms with Gasteiger partial charge in [0.1, 0.15) is 5.75 Å². The Morgan fingerprint density at radius 3 is 2.62 bits per heavy atom. The molecule has 0 saturated carbocycles. The molecule has 1 rings (SSSR count). The van der Waals surface area contributed by atoms with Crippen LogP contribution in [0.4, 0.5) is 0 Å². The molecule has 1 N–H and O–H groups in total. The molecule has 0 heterocycles. The van der Waals surface area contributed by atoms with E-state index in [1.807, 2.05) is 0 Å². The maximum absolute atomic E-state index is 11.7. The number of carboxylic acid groups (broad SMARTS) is 1. The van der Waals surface area contributed by atoms with Gasteiger partial charge < -0.3 is 14.7 Å². The van der Waals surface area contributed by atoms with Gasteiger partial charge in [-0.1, -0.05) is 23.2 Å². The predicted octanol–water partition coefficient (Wildman–Crippen LogP) is 3.09. The van der Waals surface area contributed by atoms with Crippen LogP contribution in [-0.2, 0) is 9.59 Å². The van der Waals surface area contributed by atoms with E-state index in [1.54, 1.807) is 25.2 Å². The van der Waals surface area contributed by atoms with Crippen molar-refractivity contribution in [3.63, 3.8) is 0 Å². The Hall–Kier alpha value is -1.46. The van der Waals surface area contributed by atoms with Crippen LogP contribution in [0.3, 0.4) is 0 Å². The minimum atomic E-state index is -0.921. The van der Waals surface area contributed by atoms with Crippen molar-refractivity contribution in [2.45, 2.75) is 19.3 Å². The van der Waals surface area contributed by atoms with Gasteiger partial charge >= 0.3 is 5.97 Å². The number of carbonyl (C=O) groups excluding carboxylic acids is 1. The van der Waals surface area contributed by atoms with E-state index in [9.17, 15) is 9.59 Å². The van der Waals surface area contributed by atoms with Crippen LogP contribution in [0.1, 0.15) is 19.3 Å². The van der Waals surface area contributed by atoms with Crippen molar-refractivity contribution in [1.82, 2.24) is 4.90 Å². The number of aliphatic carboxylic acids is 1. The number of ether oxygens (including phenoxy) is 1. The topological polar surface area (TPSA) is 66.8 Å². The molecule has 0 aliphatic carbocycles. The van der Waals surface area contributed by atoms with Crippen molar-refractivity contribution in [1.29, 1.82) is 0 Å². The van der Waals surface area contributed by atoms with Gasteiger partial charge in [0.25, 0.3) is 0 Å². The zero-order valence-electron chi connectivity index (χ0n) is 11.6. The normalized spacial score (nSPS) is 10.2. The van der Waals surface area contributed by atoms with E-state index in [4.69, 9.17) is 33.0 Å². The molecule has 0 aromatic heterocycles. The van der Waals surface area contributed by atoms with Gasteiger partial charge in [-0.3, -0.25) is 9.59 Å². The molecule has 0 saturated heterocycles. The fraction of sp³-hybridized carbons (Fsp3) is 0.429. The quantitative estimate of drug-likeness (QED) is 0.742. The number of amides is 1. The first-order chi connectivity index (χ1) is 9.90. The second-order valence-electron chi connectivity index (χ2n) is 4.49. The first-order valence-electron chi connectivity index (χ1n) is 6.43. The highest BCUT2D eigenvalue weighted by Crippen LogP contribution is 2.27. The Bertz CT molecular complexity index is 508. The van der Waals surface area contributed by atoms with Crippen molar-refractivity contribution < 1.29 is 19.4 Å². The van der Waals surface area contributed by atoms with Crippen LogP contribution in [0.2, 0.25) is 10.0 Å². The monoisotopic (exact) mass is 333 g/mol. The van der Waals surface area contributed by atoms with Crippen molar-refractivity contribution >= 4 is 35.1 Å². The predicted molar refractivity (Wildman–Crippen MR) is 81.1 cm³/mol. The number of hydrogen-bond donors (Lipinski definition) is 1. The smallest absolute Gasteiger partial charge is 0.305 e. The zero-order valence-corrected chi connectivity index (χ0v) is 13.2. The molecule has 1 aromatic carbocycles. The van der Waals surface area contributed by atoms with E-state index in [0.717, 1.165) is 0 Å². The van der Waals surface area contributed by atoms with Crippen LogP contribution in [0.25, 0.3) is 0 Å². The van der Waals surface area contributed by atoms with Crippen LogP contribution >= 0.6 is 23.2 Å². The van der Waals surface area contributed by atoms with Crippen molar-refractivity contribution in [2.75, 3.05) is 20.2 Å². The molecule has 0 aliphatic rings. The Labute approximate surface area is 133 Å². The molecule has 0 spiro atoms. The lowest BCUT2D eigenvalue weighted by Gasteiger charge is -2.16. The van der Waals surface area contributed by atoms with E-state index in [-0.39, 0.29) is 18.9 Å². The van der Waals surface area contributed by atoms with Gasteiger partial charge in [0.15, 0.2) is 0 Å². The van der Waals surface area contributed by atoms with Crippen molar-refractivity contribution in [3.8, 4) is 5.75 Å².